The van der Waals surface area contributed by atoms with Crippen LogP contribution in [0.5, 0.6) is 6.01 Å². The highest BCUT2D eigenvalue weighted by Gasteiger charge is 2.41. The number of aliphatic imine (C=N–C) groups is 1. The van der Waals surface area contributed by atoms with E-state index in [1.807, 2.05) is 20.8 Å². The van der Waals surface area contributed by atoms with Crippen LogP contribution in [0, 0.1) is 38.0 Å². The number of allylic oxidation sites excluding steroid dienone is 4. The van der Waals surface area contributed by atoms with E-state index in [1.165, 1.54) is 36.3 Å². The van der Waals surface area contributed by atoms with E-state index in [0.717, 1.165) is 22.7 Å². The lowest BCUT2D eigenvalue weighted by Gasteiger charge is -2.44. The first-order chi connectivity index (χ1) is 16.8. The molecule has 35 heavy (non-hydrogen) atoms. The van der Waals surface area contributed by atoms with E-state index in [1.54, 1.807) is 11.3 Å². The van der Waals surface area contributed by atoms with Crippen molar-refractivity contribution in [2.45, 2.75) is 72.4 Å². The Morgan fingerprint density at radius 2 is 2.00 bits per heavy atom. The Morgan fingerprint density at radius 3 is 2.74 bits per heavy atom. The molecule has 4 unspecified atom stereocenters. The van der Waals surface area contributed by atoms with Gasteiger partial charge in [0.25, 0.3) is 0 Å². The van der Waals surface area contributed by atoms with Gasteiger partial charge in [-0.1, -0.05) is 36.8 Å². The van der Waals surface area contributed by atoms with Crippen molar-refractivity contribution in [1.82, 2.24) is 15.0 Å². The maximum atomic E-state index is 6.40. The molecule has 1 N–H and O–H groups in total. The molecule has 4 atom stereocenters. The highest BCUT2D eigenvalue weighted by atomic mass is 35.5. The van der Waals surface area contributed by atoms with Crippen LogP contribution in [0.15, 0.2) is 29.3 Å². The second-order valence-electron chi connectivity index (χ2n) is 10.3. The molecule has 1 fully saturated rings. The van der Waals surface area contributed by atoms with E-state index < -0.39 is 0 Å². The van der Waals surface area contributed by atoms with E-state index in [9.17, 15) is 0 Å². The molecule has 8 heteroatoms. The van der Waals surface area contributed by atoms with Crippen molar-refractivity contribution in [3.63, 3.8) is 0 Å². The lowest BCUT2D eigenvalue weighted by atomic mass is 9.64. The third-order valence-corrected chi connectivity index (χ3v) is 9.29. The number of anilines is 1. The average molecular weight is 512 g/mol. The van der Waals surface area contributed by atoms with Gasteiger partial charge in [-0.25, -0.2) is 4.98 Å². The van der Waals surface area contributed by atoms with Crippen LogP contribution in [-0.2, 0) is 6.54 Å². The Labute approximate surface area is 217 Å². The van der Waals surface area contributed by atoms with E-state index >= 15 is 0 Å². The first-order valence-corrected chi connectivity index (χ1v) is 13.8. The Balaban J connectivity index is 1.17. The number of hydrogen-bond donors (Lipinski definition) is 1. The van der Waals surface area contributed by atoms with Crippen molar-refractivity contribution in [3.05, 3.63) is 50.6 Å². The average Bonchev–Trinajstić information content (AvgIpc) is 3.14. The third kappa shape index (κ3) is 5.17. The van der Waals surface area contributed by atoms with Crippen molar-refractivity contribution in [2.24, 2.45) is 22.2 Å². The monoisotopic (exact) mass is 511 g/mol. The molecule has 2 aliphatic carbocycles. The zero-order valence-electron chi connectivity index (χ0n) is 21.0. The molecule has 0 amide bonds. The zero-order valence-corrected chi connectivity index (χ0v) is 22.5. The van der Waals surface area contributed by atoms with Crippen LogP contribution in [0.1, 0.15) is 60.2 Å². The van der Waals surface area contributed by atoms with Crippen molar-refractivity contribution in [3.8, 4) is 6.01 Å². The molecule has 0 radical (unpaired) electrons. The van der Waals surface area contributed by atoms with Crippen LogP contribution >= 0.6 is 22.9 Å². The standard InChI is InChI=1S/C27H34ClN5OS/c1-16-24(28)32-26(33-25(16)29-15-22-17(2)30-18(3)35-22)34-14-11-19-8-9-20(19)21-10-13-27(4)12-6-5-7-23(27)31-21/h5-7,12,19-21H,8-11,13-15H2,1-4H3,(H,29,32,33). The number of rotatable bonds is 8. The number of hydrogen-bond acceptors (Lipinski definition) is 7. The predicted octanol–water partition coefficient (Wildman–Crippen LogP) is 6.65. The molecule has 3 aliphatic rings. The minimum Gasteiger partial charge on any atom is -0.463 e. The van der Waals surface area contributed by atoms with E-state index in [-0.39, 0.29) is 5.41 Å². The molecule has 0 bridgehead atoms. The fourth-order valence-electron chi connectivity index (χ4n) is 5.46. The number of thiazole rings is 1. The van der Waals surface area contributed by atoms with Gasteiger partial charge in [-0.15, -0.1) is 11.3 Å². The topological polar surface area (TPSA) is 72.3 Å². The molecule has 0 saturated heterocycles. The second-order valence-corrected chi connectivity index (χ2v) is 11.9. The maximum Gasteiger partial charge on any atom is 0.319 e. The Kier molecular flexibility index (Phi) is 6.99. The van der Waals surface area contributed by atoms with Gasteiger partial charge >= 0.3 is 6.01 Å². The van der Waals surface area contributed by atoms with E-state index in [4.69, 9.17) is 21.3 Å². The number of aromatic nitrogens is 3. The number of halogens is 1. The quantitative estimate of drug-likeness (QED) is 0.401. The Bertz CT molecular complexity index is 1190. The summed E-state index contributed by atoms with van der Waals surface area (Å²) in [5, 5.41) is 4.88. The van der Waals surface area contributed by atoms with Crippen molar-refractivity contribution >= 4 is 34.5 Å². The molecule has 2 aromatic heterocycles. The number of aryl methyl sites for hydroxylation is 2. The highest BCUT2D eigenvalue weighted by molar-refractivity contribution is 7.11. The summed E-state index contributed by atoms with van der Waals surface area (Å²) in [6.45, 7) is 9.54. The molecule has 0 spiro atoms. The zero-order chi connectivity index (χ0) is 24.6. The van der Waals surface area contributed by atoms with Crippen LogP contribution in [-0.4, -0.2) is 33.3 Å². The van der Waals surface area contributed by atoms with E-state index in [2.05, 4.69) is 51.5 Å². The van der Waals surface area contributed by atoms with Gasteiger partial charge in [-0.3, -0.25) is 4.99 Å². The van der Waals surface area contributed by atoms with Gasteiger partial charge in [0.2, 0.25) is 0 Å². The van der Waals surface area contributed by atoms with E-state index in [0.29, 0.717) is 48.0 Å². The maximum absolute atomic E-state index is 6.40. The van der Waals surface area contributed by atoms with Crippen molar-refractivity contribution in [2.75, 3.05) is 11.9 Å². The fraction of sp³-hybridized carbons (Fsp3) is 0.556. The first-order valence-electron chi connectivity index (χ1n) is 12.6. The summed E-state index contributed by atoms with van der Waals surface area (Å²) >= 11 is 8.10. The molecule has 1 aliphatic heterocycles. The molecule has 1 saturated carbocycles. The Hall–Kier alpha value is -2.25. The molecule has 6 nitrogen and oxygen atoms in total. The molecule has 186 valence electrons. The molecule has 3 heterocycles. The summed E-state index contributed by atoms with van der Waals surface area (Å²) in [6.07, 6.45) is 14.6. The van der Waals surface area contributed by atoms with Gasteiger partial charge in [0.05, 0.1) is 29.9 Å². The van der Waals surface area contributed by atoms with Gasteiger partial charge in [0.1, 0.15) is 11.0 Å². The van der Waals surface area contributed by atoms with Crippen LogP contribution in [0.3, 0.4) is 0 Å². The smallest absolute Gasteiger partial charge is 0.319 e. The lowest BCUT2D eigenvalue weighted by Crippen LogP contribution is -2.41. The van der Waals surface area contributed by atoms with Gasteiger partial charge in [0.15, 0.2) is 0 Å². The number of fused-ring (bicyclic) bond motifs is 1. The summed E-state index contributed by atoms with van der Waals surface area (Å²) in [6, 6.07) is 0.775. The number of nitrogens with one attached hydrogen (secondary N) is 1. The molecular formula is C27H34ClN5OS. The summed E-state index contributed by atoms with van der Waals surface area (Å²) in [5.74, 6) is 2.01. The second kappa shape index (κ2) is 10.0. The van der Waals surface area contributed by atoms with Crippen LogP contribution < -0.4 is 10.1 Å². The minimum atomic E-state index is 0.124. The summed E-state index contributed by atoms with van der Waals surface area (Å²) in [7, 11) is 0. The van der Waals surface area contributed by atoms with Gasteiger partial charge in [0, 0.05) is 21.6 Å². The predicted molar refractivity (Wildman–Crippen MR) is 144 cm³/mol. The Morgan fingerprint density at radius 1 is 1.14 bits per heavy atom. The lowest BCUT2D eigenvalue weighted by molar-refractivity contribution is 0.102. The number of nitrogens with zero attached hydrogens (tertiary/aromatic N) is 4. The first kappa shape index (κ1) is 24.4. The SMILES string of the molecule is Cc1nc(C)c(CNc2nc(OCCC3CCC3C3CCC4(C)C=CC=CC4=N3)nc(Cl)c2C)s1. The summed E-state index contributed by atoms with van der Waals surface area (Å²) in [4.78, 5) is 19.8. The molecular weight excluding hydrogens is 478 g/mol. The molecule has 0 aromatic carbocycles. The number of ether oxygens (including phenoxy) is 1. The largest absolute Gasteiger partial charge is 0.463 e. The van der Waals surface area contributed by atoms with Crippen LogP contribution in [0.25, 0.3) is 0 Å². The molecule has 5 rings (SSSR count). The highest BCUT2D eigenvalue weighted by Crippen LogP contribution is 2.46. The summed E-state index contributed by atoms with van der Waals surface area (Å²) in [5.41, 5.74) is 3.25. The van der Waals surface area contributed by atoms with Crippen LogP contribution in [0.2, 0.25) is 5.15 Å². The van der Waals surface area contributed by atoms with Gasteiger partial charge in [-0.2, -0.15) is 9.97 Å². The van der Waals surface area contributed by atoms with Crippen LogP contribution in [0.4, 0.5) is 5.82 Å². The summed E-state index contributed by atoms with van der Waals surface area (Å²) < 4.78 is 5.99. The van der Waals surface area contributed by atoms with Gasteiger partial charge < -0.3 is 10.1 Å². The molecule has 2 aromatic rings. The van der Waals surface area contributed by atoms with Crippen molar-refractivity contribution in [1.29, 1.82) is 0 Å². The van der Waals surface area contributed by atoms with Crippen molar-refractivity contribution < 1.29 is 4.74 Å². The van der Waals surface area contributed by atoms with Gasteiger partial charge in [-0.05, 0) is 70.8 Å². The minimum absolute atomic E-state index is 0.124. The normalized spacial score (nSPS) is 27.2. The third-order valence-electron chi connectivity index (χ3n) is 7.85. The fourth-order valence-corrected chi connectivity index (χ4v) is 6.50.